The van der Waals surface area contributed by atoms with E-state index < -0.39 is 0 Å². The Hall–Kier alpha value is -1.06. The maximum atomic E-state index is 11.6. The van der Waals surface area contributed by atoms with Gasteiger partial charge in [-0.15, -0.1) is 0 Å². The zero-order valence-electron chi connectivity index (χ0n) is 9.07. The van der Waals surface area contributed by atoms with Gasteiger partial charge < -0.3 is 9.64 Å². The molecule has 84 valence electrons. The number of nitrogens with zero attached hydrogens (tertiary/aromatic N) is 1. The highest BCUT2D eigenvalue weighted by Gasteiger charge is 2.42. The minimum atomic E-state index is -0.279. The standard InChI is InChI=1S/C11H17NO3/c1-2-15-11(14)7-12-9-5-3-4-8(9)6-10(12)13/h8-9H,2-7H2,1H3/t8-,9-/m1/s1. The molecule has 1 saturated heterocycles. The SMILES string of the molecule is CCOC(=O)CN1C(=O)C[C@H]2CCC[C@H]21. The predicted molar refractivity (Wildman–Crippen MR) is 54.1 cm³/mol. The number of hydrogen-bond acceptors (Lipinski definition) is 3. The lowest BCUT2D eigenvalue weighted by molar-refractivity contribution is -0.148. The first-order chi connectivity index (χ1) is 7.22. The van der Waals surface area contributed by atoms with Crippen molar-refractivity contribution in [3.63, 3.8) is 0 Å². The van der Waals surface area contributed by atoms with Gasteiger partial charge in [-0.05, 0) is 25.7 Å². The molecule has 0 radical (unpaired) electrons. The van der Waals surface area contributed by atoms with E-state index in [1.165, 1.54) is 6.42 Å². The normalized spacial score (nSPS) is 29.4. The lowest BCUT2D eigenvalue weighted by atomic mass is 10.0. The molecule has 2 rings (SSSR count). The molecule has 4 nitrogen and oxygen atoms in total. The molecule has 0 unspecified atom stereocenters. The van der Waals surface area contributed by atoms with E-state index in [4.69, 9.17) is 4.74 Å². The lowest BCUT2D eigenvalue weighted by Gasteiger charge is -2.22. The molecule has 1 aliphatic heterocycles. The van der Waals surface area contributed by atoms with Gasteiger partial charge in [-0.25, -0.2) is 0 Å². The van der Waals surface area contributed by atoms with Gasteiger partial charge in [0, 0.05) is 12.5 Å². The maximum Gasteiger partial charge on any atom is 0.325 e. The van der Waals surface area contributed by atoms with Crippen LogP contribution in [-0.4, -0.2) is 36.0 Å². The van der Waals surface area contributed by atoms with Crippen LogP contribution in [0.3, 0.4) is 0 Å². The average molecular weight is 211 g/mol. The van der Waals surface area contributed by atoms with Crippen LogP contribution in [-0.2, 0) is 14.3 Å². The molecule has 1 amide bonds. The van der Waals surface area contributed by atoms with E-state index in [-0.39, 0.29) is 18.4 Å². The topological polar surface area (TPSA) is 46.6 Å². The van der Waals surface area contributed by atoms with Gasteiger partial charge in [-0.2, -0.15) is 0 Å². The first kappa shape index (κ1) is 10.5. The van der Waals surface area contributed by atoms with E-state index in [1.807, 2.05) is 0 Å². The number of esters is 1. The van der Waals surface area contributed by atoms with Crippen LogP contribution in [0.5, 0.6) is 0 Å². The molecular weight excluding hydrogens is 194 g/mol. The van der Waals surface area contributed by atoms with E-state index in [1.54, 1.807) is 11.8 Å². The van der Waals surface area contributed by atoms with Crippen LogP contribution in [0.15, 0.2) is 0 Å². The largest absolute Gasteiger partial charge is 0.465 e. The molecule has 0 aromatic carbocycles. The number of fused-ring (bicyclic) bond motifs is 1. The number of amides is 1. The Bertz CT molecular complexity index is 277. The molecule has 0 aromatic heterocycles. The van der Waals surface area contributed by atoms with E-state index >= 15 is 0 Å². The summed E-state index contributed by atoms with van der Waals surface area (Å²) >= 11 is 0. The third-order valence-electron chi connectivity index (χ3n) is 3.38. The lowest BCUT2D eigenvalue weighted by Crippen LogP contribution is -2.38. The van der Waals surface area contributed by atoms with E-state index in [2.05, 4.69) is 0 Å². The number of rotatable bonds is 3. The Morgan fingerprint density at radius 1 is 1.53 bits per heavy atom. The Morgan fingerprint density at radius 2 is 2.33 bits per heavy atom. The molecule has 0 aromatic rings. The van der Waals surface area contributed by atoms with Crippen molar-refractivity contribution >= 4 is 11.9 Å². The van der Waals surface area contributed by atoms with Crippen molar-refractivity contribution in [2.45, 2.75) is 38.6 Å². The predicted octanol–water partition coefficient (Wildman–Crippen LogP) is 0.950. The second kappa shape index (κ2) is 4.21. The number of carbonyl (C=O) groups excluding carboxylic acids is 2. The number of ether oxygens (including phenoxy) is 1. The molecule has 1 heterocycles. The van der Waals surface area contributed by atoms with Crippen molar-refractivity contribution in [1.82, 2.24) is 4.90 Å². The molecule has 4 heteroatoms. The molecule has 2 fully saturated rings. The van der Waals surface area contributed by atoms with Crippen molar-refractivity contribution in [2.75, 3.05) is 13.2 Å². The maximum absolute atomic E-state index is 11.6. The summed E-state index contributed by atoms with van der Waals surface area (Å²) in [4.78, 5) is 24.7. The second-order valence-electron chi connectivity index (χ2n) is 4.29. The van der Waals surface area contributed by atoms with E-state index in [0.717, 1.165) is 12.8 Å². The van der Waals surface area contributed by atoms with Crippen LogP contribution in [0, 0.1) is 5.92 Å². The molecule has 0 spiro atoms. The zero-order valence-corrected chi connectivity index (χ0v) is 9.07. The Kier molecular flexibility index (Phi) is 2.93. The van der Waals surface area contributed by atoms with Crippen LogP contribution < -0.4 is 0 Å². The number of hydrogen-bond donors (Lipinski definition) is 0. The summed E-state index contributed by atoms with van der Waals surface area (Å²) < 4.78 is 4.87. The highest BCUT2D eigenvalue weighted by molar-refractivity contribution is 5.84. The number of carbonyl (C=O) groups is 2. The fourth-order valence-electron chi connectivity index (χ4n) is 2.74. The summed E-state index contributed by atoms with van der Waals surface area (Å²) in [5, 5.41) is 0. The summed E-state index contributed by atoms with van der Waals surface area (Å²) in [6, 6.07) is 0.307. The van der Waals surface area contributed by atoms with Crippen molar-refractivity contribution < 1.29 is 14.3 Å². The first-order valence-electron chi connectivity index (χ1n) is 5.67. The monoisotopic (exact) mass is 211 g/mol. The second-order valence-corrected chi connectivity index (χ2v) is 4.29. The fourth-order valence-corrected chi connectivity index (χ4v) is 2.74. The van der Waals surface area contributed by atoms with Crippen molar-refractivity contribution in [3.8, 4) is 0 Å². The molecule has 15 heavy (non-hydrogen) atoms. The highest BCUT2D eigenvalue weighted by Crippen LogP contribution is 2.38. The molecule has 1 aliphatic carbocycles. The van der Waals surface area contributed by atoms with Gasteiger partial charge in [0.1, 0.15) is 6.54 Å². The minimum absolute atomic E-state index is 0.123. The molecular formula is C11H17NO3. The summed E-state index contributed by atoms with van der Waals surface area (Å²) in [5.41, 5.74) is 0. The van der Waals surface area contributed by atoms with Gasteiger partial charge in [0.15, 0.2) is 0 Å². The van der Waals surface area contributed by atoms with Gasteiger partial charge in [0.05, 0.1) is 6.61 Å². The van der Waals surface area contributed by atoms with E-state index in [9.17, 15) is 9.59 Å². The van der Waals surface area contributed by atoms with Gasteiger partial charge in [-0.3, -0.25) is 9.59 Å². The van der Waals surface area contributed by atoms with Gasteiger partial charge in [0.25, 0.3) is 0 Å². The minimum Gasteiger partial charge on any atom is -0.465 e. The van der Waals surface area contributed by atoms with Crippen molar-refractivity contribution in [2.24, 2.45) is 5.92 Å². The van der Waals surface area contributed by atoms with Crippen LogP contribution in [0.4, 0.5) is 0 Å². The van der Waals surface area contributed by atoms with E-state index in [0.29, 0.717) is 25.0 Å². The summed E-state index contributed by atoms with van der Waals surface area (Å²) in [6.07, 6.45) is 4.00. The quantitative estimate of drug-likeness (QED) is 0.653. The van der Waals surface area contributed by atoms with Gasteiger partial charge >= 0.3 is 5.97 Å². The third-order valence-corrected chi connectivity index (χ3v) is 3.38. The molecule has 0 bridgehead atoms. The van der Waals surface area contributed by atoms with Crippen molar-refractivity contribution in [3.05, 3.63) is 0 Å². The van der Waals surface area contributed by atoms with Crippen LogP contribution in [0.2, 0.25) is 0 Å². The summed E-state index contributed by atoms with van der Waals surface area (Å²) in [5.74, 6) is 0.336. The van der Waals surface area contributed by atoms with Crippen LogP contribution in [0.1, 0.15) is 32.6 Å². The Labute approximate surface area is 89.6 Å². The summed E-state index contributed by atoms with van der Waals surface area (Å²) in [7, 11) is 0. The van der Waals surface area contributed by atoms with Gasteiger partial charge in [-0.1, -0.05) is 6.42 Å². The van der Waals surface area contributed by atoms with Crippen molar-refractivity contribution in [1.29, 1.82) is 0 Å². The third kappa shape index (κ3) is 1.98. The molecule has 2 atom stereocenters. The Morgan fingerprint density at radius 3 is 3.07 bits per heavy atom. The molecule has 0 N–H and O–H groups in total. The smallest absolute Gasteiger partial charge is 0.325 e. The van der Waals surface area contributed by atoms with Crippen LogP contribution >= 0.6 is 0 Å². The average Bonchev–Trinajstić information content (AvgIpc) is 2.71. The Balaban J connectivity index is 1.95. The summed E-state index contributed by atoms with van der Waals surface area (Å²) in [6.45, 7) is 2.31. The first-order valence-corrected chi connectivity index (χ1v) is 5.67. The molecule has 1 saturated carbocycles. The van der Waals surface area contributed by atoms with Gasteiger partial charge in [0.2, 0.25) is 5.91 Å². The molecule has 2 aliphatic rings. The van der Waals surface area contributed by atoms with Crippen LogP contribution in [0.25, 0.3) is 0 Å². The fraction of sp³-hybridized carbons (Fsp3) is 0.818. The zero-order chi connectivity index (χ0) is 10.8. The highest BCUT2D eigenvalue weighted by atomic mass is 16.5. The number of likely N-dealkylation sites (tertiary alicyclic amines) is 1.